The molecule has 0 amide bonds. The van der Waals surface area contributed by atoms with Crippen LogP contribution in [0.3, 0.4) is 0 Å². The zero-order valence-electron chi connectivity index (χ0n) is 11.1. The molecule has 0 aliphatic carbocycles. The number of hydrogen-bond acceptors (Lipinski definition) is 2. The van der Waals surface area contributed by atoms with Crippen molar-refractivity contribution >= 4 is 11.6 Å². The number of aliphatic hydroxyl groups excluding tert-OH is 1. The highest BCUT2D eigenvalue weighted by molar-refractivity contribution is 6.30. The van der Waals surface area contributed by atoms with Gasteiger partial charge in [0.05, 0.1) is 6.10 Å². The van der Waals surface area contributed by atoms with Gasteiger partial charge in [0.25, 0.3) is 0 Å². The van der Waals surface area contributed by atoms with Crippen molar-refractivity contribution in [3.05, 3.63) is 28.8 Å². The normalized spacial score (nSPS) is 21.2. The second-order valence-corrected chi connectivity index (χ2v) is 5.62. The molecule has 0 aromatic heterocycles. The minimum absolute atomic E-state index is 0.205. The van der Waals surface area contributed by atoms with Crippen molar-refractivity contribution in [3.63, 3.8) is 0 Å². The molecule has 1 aliphatic heterocycles. The summed E-state index contributed by atoms with van der Waals surface area (Å²) < 4.78 is 6.21. The molecule has 0 saturated carbocycles. The first kappa shape index (κ1) is 13.7. The molecule has 0 bridgehead atoms. The molecule has 100 valence electrons. The summed E-state index contributed by atoms with van der Waals surface area (Å²) in [7, 11) is 0. The summed E-state index contributed by atoms with van der Waals surface area (Å²) in [5.41, 5.74) is 0.620. The second kappa shape index (κ2) is 5.50. The average molecular weight is 269 g/mol. The summed E-state index contributed by atoms with van der Waals surface area (Å²) in [4.78, 5) is 0. The predicted octanol–water partition coefficient (Wildman–Crippen LogP) is 4.49. The van der Waals surface area contributed by atoms with Crippen LogP contribution in [0.2, 0.25) is 5.02 Å². The van der Waals surface area contributed by atoms with Gasteiger partial charge in [-0.15, -0.1) is 0 Å². The van der Waals surface area contributed by atoms with E-state index in [2.05, 4.69) is 13.8 Å². The summed E-state index contributed by atoms with van der Waals surface area (Å²) in [5.74, 6) is 0.792. The van der Waals surface area contributed by atoms with Gasteiger partial charge in [0, 0.05) is 17.0 Å². The van der Waals surface area contributed by atoms with Crippen LogP contribution in [-0.4, -0.2) is 10.7 Å². The molecule has 1 atom stereocenters. The minimum Gasteiger partial charge on any atom is -0.487 e. The molecule has 0 fully saturated rings. The molecule has 0 radical (unpaired) electrons. The number of halogens is 1. The van der Waals surface area contributed by atoms with Gasteiger partial charge in [-0.05, 0) is 31.0 Å². The lowest BCUT2D eigenvalue weighted by molar-refractivity contribution is -0.0267. The van der Waals surface area contributed by atoms with Crippen molar-refractivity contribution in [1.82, 2.24) is 0 Å². The van der Waals surface area contributed by atoms with Crippen LogP contribution in [0.4, 0.5) is 0 Å². The standard InChI is InChI=1S/C15H21ClO2/c1-3-7-15(8-4-2)10-13(17)12-9-11(16)5-6-14(12)18-15/h5-6,9,13,17H,3-4,7-8,10H2,1-2H3/t13-/m1/s1. The highest BCUT2D eigenvalue weighted by atomic mass is 35.5. The van der Waals surface area contributed by atoms with Gasteiger partial charge in [0.15, 0.2) is 0 Å². The first-order valence-electron chi connectivity index (χ1n) is 6.77. The number of aliphatic hydroxyl groups is 1. The fraction of sp³-hybridized carbons (Fsp3) is 0.600. The van der Waals surface area contributed by atoms with E-state index in [4.69, 9.17) is 16.3 Å². The zero-order chi connectivity index (χ0) is 13.2. The van der Waals surface area contributed by atoms with E-state index >= 15 is 0 Å². The maximum absolute atomic E-state index is 10.3. The Morgan fingerprint density at radius 3 is 2.61 bits per heavy atom. The van der Waals surface area contributed by atoms with Crippen LogP contribution >= 0.6 is 11.6 Å². The summed E-state index contributed by atoms with van der Waals surface area (Å²) in [6, 6.07) is 5.50. The smallest absolute Gasteiger partial charge is 0.126 e. The van der Waals surface area contributed by atoms with Crippen molar-refractivity contribution in [2.24, 2.45) is 0 Å². The zero-order valence-corrected chi connectivity index (χ0v) is 11.8. The Balaban J connectivity index is 2.32. The molecule has 2 rings (SSSR count). The number of ether oxygens (including phenoxy) is 1. The third-order valence-electron chi connectivity index (χ3n) is 3.63. The third kappa shape index (κ3) is 2.65. The van der Waals surface area contributed by atoms with E-state index in [-0.39, 0.29) is 5.60 Å². The molecule has 3 heteroatoms. The van der Waals surface area contributed by atoms with Gasteiger partial charge in [-0.3, -0.25) is 0 Å². The maximum atomic E-state index is 10.3. The van der Waals surface area contributed by atoms with Gasteiger partial charge in [-0.25, -0.2) is 0 Å². The van der Waals surface area contributed by atoms with Crippen molar-refractivity contribution in [2.45, 2.75) is 57.7 Å². The van der Waals surface area contributed by atoms with E-state index in [0.717, 1.165) is 37.0 Å². The van der Waals surface area contributed by atoms with Crippen molar-refractivity contribution in [3.8, 4) is 5.75 Å². The van der Waals surface area contributed by atoms with E-state index < -0.39 is 6.10 Å². The minimum atomic E-state index is -0.467. The van der Waals surface area contributed by atoms with Crippen LogP contribution in [0, 0.1) is 0 Å². The summed E-state index contributed by atoms with van der Waals surface area (Å²) >= 11 is 5.97. The molecule has 0 saturated heterocycles. The van der Waals surface area contributed by atoms with Crippen LogP contribution < -0.4 is 4.74 Å². The molecule has 1 heterocycles. The molecule has 0 spiro atoms. The number of hydrogen-bond donors (Lipinski definition) is 1. The topological polar surface area (TPSA) is 29.5 Å². The Morgan fingerprint density at radius 2 is 2.00 bits per heavy atom. The van der Waals surface area contributed by atoms with Crippen molar-refractivity contribution in [1.29, 1.82) is 0 Å². The molecule has 1 aromatic rings. The molecule has 1 aromatic carbocycles. The monoisotopic (exact) mass is 268 g/mol. The Labute approximate surface area is 114 Å². The Kier molecular flexibility index (Phi) is 4.18. The van der Waals surface area contributed by atoms with E-state index in [0.29, 0.717) is 11.4 Å². The quantitative estimate of drug-likeness (QED) is 0.871. The molecule has 1 N–H and O–H groups in total. The van der Waals surface area contributed by atoms with Gasteiger partial charge in [-0.1, -0.05) is 38.3 Å². The Hall–Kier alpha value is -0.730. The van der Waals surface area contributed by atoms with Crippen molar-refractivity contribution < 1.29 is 9.84 Å². The van der Waals surface area contributed by atoms with Gasteiger partial charge in [-0.2, -0.15) is 0 Å². The SMILES string of the molecule is CCCC1(CCC)C[C@@H](O)c2cc(Cl)ccc2O1. The Morgan fingerprint density at radius 1 is 1.33 bits per heavy atom. The molecular formula is C15H21ClO2. The van der Waals surface area contributed by atoms with E-state index in [1.165, 1.54) is 0 Å². The third-order valence-corrected chi connectivity index (χ3v) is 3.87. The molecule has 1 aliphatic rings. The number of fused-ring (bicyclic) bond motifs is 1. The van der Waals surface area contributed by atoms with Crippen LogP contribution in [0.25, 0.3) is 0 Å². The highest BCUT2D eigenvalue weighted by Crippen LogP contribution is 2.44. The molecule has 18 heavy (non-hydrogen) atoms. The second-order valence-electron chi connectivity index (χ2n) is 5.19. The van der Waals surface area contributed by atoms with Crippen LogP contribution in [-0.2, 0) is 0 Å². The van der Waals surface area contributed by atoms with Gasteiger partial charge < -0.3 is 9.84 Å². The van der Waals surface area contributed by atoms with Crippen molar-refractivity contribution in [2.75, 3.05) is 0 Å². The Bertz CT molecular complexity index is 411. The first-order chi connectivity index (χ1) is 8.60. The van der Waals surface area contributed by atoms with Gasteiger partial charge >= 0.3 is 0 Å². The first-order valence-corrected chi connectivity index (χ1v) is 7.14. The largest absolute Gasteiger partial charge is 0.487 e. The lowest BCUT2D eigenvalue weighted by Gasteiger charge is -2.41. The van der Waals surface area contributed by atoms with E-state index in [1.54, 1.807) is 0 Å². The van der Waals surface area contributed by atoms with E-state index in [1.807, 2.05) is 18.2 Å². The van der Waals surface area contributed by atoms with Gasteiger partial charge in [0.2, 0.25) is 0 Å². The summed E-state index contributed by atoms with van der Waals surface area (Å²) in [5, 5.41) is 11.0. The fourth-order valence-electron chi connectivity index (χ4n) is 2.95. The average Bonchev–Trinajstić information content (AvgIpc) is 2.31. The van der Waals surface area contributed by atoms with Gasteiger partial charge in [0.1, 0.15) is 11.4 Å². The maximum Gasteiger partial charge on any atom is 0.126 e. The van der Waals surface area contributed by atoms with Crippen LogP contribution in [0.15, 0.2) is 18.2 Å². The molecular weight excluding hydrogens is 248 g/mol. The number of rotatable bonds is 4. The lowest BCUT2D eigenvalue weighted by Crippen LogP contribution is -2.41. The van der Waals surface area contributed by atoms with Crippen LogP contribution in [0.5, 0.6) is 5.75 Å². The lowest BCUT2D eigenvalue weighted by atomic mass is 9.82. The predicted molar refractivity (Wildman–Crippen MR) is 74.2 cm³/mol. The highest BCUT2D eigenvalue weighted by Gasteiger charge is 2.39. The molecule has 2 nitrogen and oxygen atoms in total. The molecule has 0 unspecified atom stereocenters. The summed E-state index contributed by atoms with van der Waals surface area (Å²) in [6.45, 7) is 4.31. The number of benzene rings is 1. The fourth-order valence-corrected chi connectivity index (χ4v) is 3.13. The van der Waals surface area contributed by atoms with E-state index in [9.17, 15) is 5.11 Å². The summed E-state index contributed by atoms with van der Waals surface area (Å²) in [6.07, 6.45) is 4.30. The van der Waals surface area contributed by atoms with Crippen LogP contribution in [0.1, 0.15) is 57.6 Å².